The molecule has 2 aromatic rings. The lowest BCUT2D eigenvalue weighted by Gasteiger charge is -2.20. The van der Waals surface area contributed by atoms with E-state index < -0.39 is 0 Å². The molecule has 2 aliphatic rings. The Labute approximate surface area is 160 Å². The average molecular weight is 365 g/mol. The topological polar surface area (TPSA) is 54.5 Å². The van der Waals surface area contributed by atoms with E-state index in [1.165, 1.54) is 0 Å². The van der Waals surface area contributed by atoms with Crippen LogP contribution in [0.5, 0.6) is 0 Å². The Hall–Kier alpha value is -2.40. The smallest absolute Gasteiger partial charge is 0.321 e. The third-order valence-electron chi connectivity index (χ3n) is 5.80. The van der Waals surface area contributed by atoms with Crippen molar-refractivity contribution in [3.63, 3.8) is 0 Å². The second-order valence-electron chi connectivity index (χ2n) is 7.70. The quantitative estimate of drug-likeness (QED) is 0.895. The standard InChI is InChI=1S/C22H27N3O2/c1-16-5-6-17(12-20-4-2-3-9-23-20)13-21(16)24-22(26)25-10-7-18(14-25)19-8-11-27-15-19/h2-6,9,13,18-19H,7-8,10-12,14-15H2,1H3,(H,24,26). The van der Waals surface area contributed by atoms with Gasteiger partial charge in [0.1, 0.15) is 0 Å². The van der Waals surface area contributed by atoms with Crippen LogP contribution in [0.1, 0.15) is 29.7 Å². The van der Waals surface area contributed by atoms with Gasteiger partial charge in [0.25, 0.3) is 0 Å². The van der Waals surface area contributed by atoms with Crippen LogP contribution in [-0.2, 0) is 11.2 Å². The molecular weight excluding hydrogens is 338 g/mol. The van der Waals surface area contributed by atoms with Crippen molar-refractivity contribution in [3.8, 4) is 0 Å². The third kappa shape index (κ3) is 4.30. The number of benzene rings is 1. The number of rotatable bonds is 4. The maximum atomic E-state index is 12.8. The van der Waals surface area contributed by atoms with Crippen molar-refractivity contribution in [1.29, 1.82) is 0 Å². The van der Waals surface area contributed by atoms with Crippen molar-refractivity contribution in [1.82, 2.24) is 9.88 Å². The predicted octanol–water partition coefficient (Wildman–Crippen LogP) is 3.87. The maximum absolute atomic E-state index is 12.8. The van der Waals surface area contributed by atoms with Crippen LogP contribution in [0.4, 0.5) is 10.5 Å². The molecule has 2 fully saturated rings. The van der Waals surface area contributed by atoms with Gasteiger partial charge in [-0.05, 0) is 60.9 Å². The molecule has 1 aromatic heterocycles. The molecule has 3 heterocycles. The van der Waals surface area contributed by atoms with Crippen molar-refractivity contribution in [2.75, 3.05) is 31.6 Å². The molecule has 142 valence electrons. The molecule has 0 radical (unpaired) electrons. The summed E-state index contributed by atoms with van der Waals surface area (Å²) in [6.45, 7) is 5.43. The fourth-order valence-corrected chi connectivity index (χ4v) is 4.10. The Morgan fingerprint density at radius 2 is 2.19 bits per heavy atom. The number of carbonyl (C=O) groups excluding carboxylic acids is 1. The Morgan fingerprint density at radius 1 is 1.26 bits per heavy atom. The van der Waals surface area contributed by atoms with E-state index >= 15 is 0 Å². The molecule has 2 unspecified atom stereocenters. The summed E-state index contributed by atoms with van der Waals surface area (Å²) in [4.78, 5) is 19.1. The third-order valence-corrected chi connectivity index (χ3v) is 5.80. The van der Waals surface area contributed by atoms with Crippen molar-refractivity contribution in [2.24, 2.45) is 11.8 Å². The van der Waals surface area contributed by atoms with E-state index in [1.54, 1.807) is 0 Å². The minimum atomic E-state index is 0.00880. The van der Waals surface area contributed by atoms with Gasteiger partial charge in [0.05, 0.1) is 0 Å². The molecule has 1 N–H and O–H groups in total. The monoisotopic (exact) mass is 365 g/mol. The van der Waals surface area contributed by atoms with E-state index in [0.717, 1.165) is 68.1 Å². The summed E-state index contributed by atoms with van der Waals surface area (Å²) < 4.78 is 5.51. The number of urea groups is 1. The molecular formula is C22H27N3O2. The van der Waals surface area contributed by atoms with Crippen LogP contribution >= 0.6 is 0 Å². The van der Waals surface area contributed by atoms with Gasteiger partial charge < -0.3 is 15.0 Å². The van der Waals surface area contributed by atoms with Crippen molar-refractivity contribution in [2.45, 2.75) is 26.2 Å². The zero-order valence-corrected chi connectivity index (χ0v) is 15.9. The Morgan fingerprint density at radius 3 is 2.96 bits per heavy atom. The van der Waals surface area contributed by atoms with Gasteiger partial charge in [-0.15, -0.1) is 0 Å². The molecule has 4 rings (SSSR count). The number of nitrogens with one attached hydrogen (secondary N) is 1. The first-order chi connectivity index (χ1) is 13.2. The average Bonchev–Trinajstić information content (AvgIpc) is 3.36. The maximum Gasteiger partial charge on any atom is 0.321 e. The Balaban J connectivity index is 1.39. The van der Waals surface area contributed by atoms with E-state index in [4.69, 9.17) is 4.74 Å². The first kappa shape index (κ1) is 18.0. The zero-order chi connectivity index (χ0) is 18.6. The summed E-state index contributed by atoms with van der Waals surface area (Å²) >= 11 is 0. The van der Waals surface area contributed by atoms with Crippen LogP contribution in [0.2, 0.25) is 0 Å². The van der Waals surface area contributed by atoms with Crippen molar-refractivity contribution >= 4 is 11.7 Å². The van der Waals surface area contributed by atoms with Crippen molar-refractivity contribution in [3.05, 3.63) is 59.4 Å². The second kappa shape index (κ2) is 8.09. The number of hydrogen-bond donors (Lipinski definition) is 1. The number of ether oxygens (including phenoxy) is 1. The number of amides is 2. The van der Waals surface area contributed by atoms with Gasteiger partial charge in [0, 0.05) is 50.3 Å². The Kier molecular flexibility index (Phi) is 5.39. The summed E-state index contributed by atoms with van der Waals surface area (Å²) in [6.07, 6.45) is 4.79. The van der Waals surface area contributed by atoms with Crippen molar-refractivity contribution < 1.29 is 9.53 Å². The molecule has 2 aliphatic heterocycles. The van der Waals surface area contributed by atoms with Gasteiger partial charge >= 0.3 is 6.03 Å². The van der Waals surface area contributed by atoms with E-state index in [1.807, 2.05) is 36.2 Å². The lowest BCUT2D eigenvalue weighted by Crippen LogP contribution is -2.34. The molecule has 2 amide bonds. The molecule has 0 saturated carbocycles. The lowest BCUT2D eigenvalue weighted by molar-refractivity contribution is 0.171. The molecule has 2 atom stereocenters. The van der Waals surface area contributed by atoms with Crippen LogP contribution in [0.25, 0.3) is 0 Å². The van der Waals surface area contributed by atoms with Gasteiger partial charge in [0.15, 0.2) is 0 Å². The highest BCUT2D eigenvalue weighted by Gasteiger charge is 2.33. The number of pyridine rings is 1. The molecule has 2 saturated heterocycles. The van der Waals surface area contributed by atoms with Crippen LogP contribution in [-0.4, -0.2) is 42.2 Å². The number of aromatic nitrogens is 1. The zero-order valence-electron chi connectivity index (χ0n) is 15.9. The number of carbonyl (C=O) groups is 1. The summed E-state index contributed by atoms with van der Waals surface area (Å²) in [5.41, 5.74) is 4.14. The molecule has 0 spiro atoms. The van der Waals surface area contributed by atoms with Gasteiger partial charge in [-0.25, -0.2) is 4.79 Å². The van der Waals surface area contributed by atoms with Crippen LogP contribution in [0, 0.1) is 18.8 Å². The van der Waals surface area contributed by atoms with Crippen LogP contribution < -0.4 is 5.32 Å². The van der Waals surface area contributed by atoms with E-state index in [2.05, 4.69) is 28.5 Å². The molecule has 0 bridgehead atoms. The normalized spacial score (nSPS) is 22.2. The fourth-order valence-electron chi connectivity index (χ4n) is 4.10. The van der Waals surface area contributed by atoms with Gasteiger partial charge in [-0.2, -0.15) is 0 Å². The number of likely N-dealkylation sites (tertiary alicyclic amines) is 1. The highest BCUT2D eigenvalue weighted by atomic mass is 16.5. The van der Waals surface area contributed by atoms with E-state index in [9.17, 15) is 4.79 Å². The van der Waals surface area contributed by atoms with Gasteiger partial charge in [-0.3, -0.25) is 4.98 Å². The largest absolute Gasteiger partial charge is 0.381 e. The summed E-state index contributed by atoms with van der Waals surface area (Å²) in [6, 6.07) is 12.2. The number of nitrogens with zero attached hydrogens (tertiary/aromatic N) is 2. The van der Waals surface area contributed by atoms with Gasteiger partial charge in [-0.1, -0.05) is 18.2 Å². The molecule has 5 heteroatoms. The molecule has 5 nitrogen and oxygen atoms in total. The number of anilines is 1. The number of aryl methyl sites for hydroxylation is 1. The lowest BCUT2D eigenvalue weighted by atomic mass is 9.91. The first-order valence-corrected chi connectivity index (χ1v) is 9.82. The summed E-state index contributed by atoms with van der Waals surface area (Å²) in [5, 5.41) is 3.12. The number of hydrogen-bond acceptors (Lipinski definition) is 3. The van der Waals surface area contributed by atoms with Crippen LogP contribution in [0.3, 0.4) is 0 Å². The first-order valence-electron chi connectivity index (χ1n) is 9.82. The van der Waals surface area contributed by atoms with Crippen LogP contribution in [0.15, 0.2) is 42.6 Å². The summed E-state index contributed by atoms with van der Waals surface area (Å²) in [5.74, 6) is 1.20. The highest BCUT2D eigenvalue weighted by Crippen LogP contribution is 2.30. The highest BCUT2D eigenvalue weighted by molar-refractivity contribution is 5.90. The second-order valence-corrected chi connectivity index (χ2v) is 7.70. The van der Waals surface area contributed by atoms with E-state index in [-0.39, 0.29) is 6.03 Å². The molecule has 0 aliphatic carbocycles. The Bertz CT molecular complexity index is 787. The SMILES string of the molecule is Cc1ccc(Cc2ccccn2)cc1NC(=O)N1CCC(C2CCOC2)C1. The minimum Gasteiger partial charge on any atom is -0.381 e. The van der Waals surface area contributed by atoms with Gasteiger partial charge in [0.2, 0.25) is 0 Å². The predicted molar refractivity (Wildman–Crippen MR) is 106 cm³/mol. The molecule has 1 aromatic carbocycles. The molecule has 27 heavy (non-hydrogen) atoms. The fraction of sp³-hybridized carbons (Fsp3) is 0.455. The van der Waals surface area contributed by atoms with E-state index in [0.29, 0.717) is 11.8 Å². The summed E-state index contributed by atoms with van der Waals surface area (Å²) in [7, 11) is 0. The minimum absolute atomic E-state index is 0.00880.